The van der Waals surface area contributed by atoms with Gasteiger partial charge in [0.1, 0.15) is 5.82 Å². The summed E-state index contributed by atoms with van der Waals surface area (Å²) in [4.78, 5) is 4.00. The van der Waals surface area contributed by atoms with Crippen LogP contribution in [0.15, 0.2) is 30.5 Å². The van der Waals surface area contributed by atoms with Crippen LogP contribution in [-0.2, 0) is 19.9 Å². The molecule has 16 heavy (non-hydrogen) atoms. The van der Waals surface area contributed by atoms with E-state index in [4.69, 9.17) is 5.73 Å². The van der Waals surface area contributed by atoms with Gasteiger partial charge in [-0.25, -0.2) is 9.37 Å². The van der Waals surface area contributed by atoms with E-state index >= 15 is 0 Å². The van der Waals surface area contributed by atoms with Gasteiger partial charge < -0.3 is 10.3 Å². The Morgan fingerprint density at radius 2 is 2.06 bits per heavy atom. The number of nitrogens with two attached hydrogens (primary N) is 1. The number of hydrogen-bond donors (Lipinski definition) is 1. The van der Waals surface area contributed by atoms with E-state index in [0.717, 1.165) is 17.7 Å². The molecule has 0 saturated carbocycles. The van der Waals surface area contributed by atoms with Crippen molar-refractivity contribution in [2.24, 2.45) is 7.05 Å². The smallest absolute Gasteiger partial charge is 0.200 e. The zero-order valence-corrected chi connectivity index (χ0v) is 9.15. The van der Waals surface area contributed by atoms with Crippen molar-refractivity contribution in [1.82, 2.24) is 9.55 Å². The molecule has 0 amide bonds. The number of anilines is 1. The summed E-state index contributed by atoms with van der Waals surface area (Å²) < 4.78 is 15.2. The lowest BCUT2D eigenvalue weighted by molar-refractivity contribution is 0.607. The minimum Gasteiger partial charge on any atom is -0.369 e. The Hall–Kier alpha value is -1.84. The average Bonchev–Trinajstić information content (AvgIpc) is 2.59. The third-order valence-electron chi connectivity index (χ3n) is 2.73. The number of aromatic nitrogens is 2. The first-order valence-corrected chi connectivity index (χ1v) is 5.18. The van der Waals surface area contributed by atoms with Gasteiger partial charge in [0.15, 0.2) is 5.95 Å². The molecule has 84 valence electrons. The molecule has 0 radical (unpaired) electrons. The fourth-order valence-electron chi connectivity index (χ4n) is 1.66. The highest BCUT2D eigenvalue weighted by atomic mass is 19.1. The second-order valence-corrected chi connectivity index (χ2v) is 3.76. The van der Waals surface area contributed by atoms with Crippen LogP contribution in [0, 0.1) is 5.82 Å². The van der Waals surface area contributed by atoms with Gasteiger partial charge in [0.25, 0.3) is 0 Å². The number of nitrogen functional groups attached to an aromatic ring is 1. The Morgan fingerprint density at radius 1 is 1.31 bits per heavy atom. The van der Waals surface area contributed by atoms with Gasteiger partial charge in [-0.1, -0.05) is 18.2 Å². The maximum Gasteiger partial charge on any atom is 0.200 e. The van der Waals surface area contributed by atoms with Crippen molar-refractivity contribution in [3.8, 4) is 0 Å². The van der Waals surface area contributed by atoms with Crippen LogP contribution in [0.4, 0.5) is 10.3 Å². The van der Waals surface area contributed by atoms with Gasteiger partial charge in [0.2, 0.25) is 0 Å². The van der Waals surface area contributed by atoms with Crippen LogP contribution in [-0.4, -0.2) is 9.55 Å². The number of nitrogens with zero attached hydrogens (tertiary/aromatic N) is 2. The van der Waals surface area contributed by atoms with Gasteiger partial charge in [0, 0.05) is 12.7 Å². The third kappa shape index (κ3) is 2.05. The molecule has 0 unspecified atom stereocenters. The molecule has 1 heterocycles. The molecule has 0 spiro atoms. The molecule has 0 aliphatic heterocycles. The molecule has 0 aliphatic carbocycles. The largest absolute Gasteiger partial charge is 0.369 e. The van der Waals surface area contributed by atoms with Crippen molar-refractivity contribution in [2.45, 2.75) is 12.8 Å². The molecule has 2 aromatic rings. The fraction of sp³-hybridized carbons (Fsp3) is 0.250. The number of hydrogen-bond acceptors (Lipinski definition) is 2. The molecule has 1 aromatic carbocycles. The topological polar surface area (TPSA) is 43.8 Å². The van der Waals surface area contributed by atoms with Crippen LogP contribution in [0.3, 0.4) is 0 Å². The molecule has 2 rings (SSSR count). The standard InChI is InChI=1S/C12H14FN3/c1-16-10(8-15-12(16)14)7-6-9-4-2-3-5-11(9)13/h2-5,8H,6-7H2,1H3,(H2,14,15). The lowest BCUT2D eigenvalue weighted by Gasteiger charge is -2.04. The van der Waals surface area contributed by atoms with E-state index in [-0.39, 0.29) is 5.82 Å². The van der Waals surface area contributed by atoms with E-state index in [1.807, 2.05) is 17.7 Å². The summed E-state index contributed by atoms with van der Waals surface area (Å²) in [5, 5.41) is 0. The summed E-state index contributed by atoms with van der Waals surface area (Å²) in [5.41, 5.74) is 7.36. The monoisotopic (exact) mass is 219 g/mol. The Morgan fingerprint density at radius 3 is 2.69 bits per heavy atom. The minimum absolute atomic E-state index is 0.155. The number of aryl methyl sites for hydroxylation is 2. The summed E-state index contributed by atoms with van der Waals surface area (Å²) in [6.45, 7) is 0. The zero-order valence-electron chi connectivity index (χ0n) is 9.15. The molecule has 4 heteroatoms. The lowest BCUT2D eigenvalue weighted by Crippen LogP contribution is -2.03. The first kappa shape index (κ1) is 10.7. The minimum atomic E-state index is -0.155. The van der Waals surface area contributed by atoms with Crippen LogP contribution in [0.25, 0.3) is 0 Å². The van der Waals surface area contributed by atoms with E-state index in [9.17, 15) is 4.39 Å². The van der Waals surface area contributed by atoms with Gasteiger partial charge in [-0.15, -0.1) is 0 Å². The zero-order chi connectivity index (χ0) is 11.5. The Balaban J connectivity index is 2.08. The first-order chi connectivity index (χ1) is 7.68. The van der Waals surface area contributed by atoms with E-state index in [1.165, 1.54) is 6.07 Å². The number of halogens is 1. The lowest BCUT2D eigenvalue weighted by atomic mass is 10.1. The molecule has 0 atom stereocenters. The maximum atomic E-state index is 13.4. The Labute approximate surface area is 93.7 Å². The van der Waals surface area contributed by atoms with Crippen molar-refractivity contribution in [1.29, 1.82) is 0 Å². The summed E-state index contributed by atoms with van der Waals surface area (Å²) in [6, 6.07) is 6.82. The number of rotatable bonds is 3. The molecule has 1 aromatic heterocycles. The highest BCUT2D eigenvalue weighted by molar-refractivity contribution is 5.24. The molecule has 2 N–H and O–H groups in total. The van der Waals surface area contributed by atoms with Crippen molar-refractivity contribution in [3.05, 3.63) is 47.5 Å². The Bertz CT molecular complexity index is 491. The third-order valence-corrected chi connectivity index (χ3v) is 2.73. The number of benzene rings is 1. The van der Waals surface area contributed by atoms with Crippen LogP contribution in [0.5, 0.6) is 0 Å². The van der Waals surface area contributed by atoms with Gasteiger partial charge in [-0.2, -0.15) is 0 Å². The van der Waals surface area contributed by atoms with Crippen molar-refractivity contribution >= 4 is 5.95 Å². The van der Waals surface area contributed by atoms with Crippen molar-refractivity contribution < 1.29 is 4.39 Å². The SMILES string of the molecule is Cn1c(CCc2ccccc2F)cnc1N. The average molecular weight is 219 g/mol. The van der Waals surface area contributed by atoms with Gasteiger partial charge in [-0.3, -0.25) is 0 Å². The molecular formula is C12H14FN3. The van der Waals surface area contributed by atoms with Crippen LogP contribution in [0.2, 0.25) is 0 Å². The van der Waals surface area contributed by atoms with E-state index in [2.05, 4.69) is 4.98 Å². The van der Waals surface area contributed by atoms with Crippen LogP contribution in [0.1, 0.15) is 11.3 Å². The second-order valence-electron chi connectivity index (χ2n) is 3.76. The van der Waals surface area contributed by atoms with Gasteiger partial charge >= 0.3 is 0 Å². The molecule has 3 nitrogen and oxygen atoms in total. The molecule has 0 saturated heterocycles. The summed E-state index contributed by atoms with van der Waals surface area (Å²) in [7, 11) is 1.86. The van der Waals surface area contributed by atoms with Gasteiger partial charge in [-0.05, 0) is 24.5 Å². The van der Waals surface area contributed by atoms with Gasteiger partial charge in [0.05, 0.1) is 6.20 Å². The Kier molecular flexibility index (Phi) is 2.90. The second kappa shape index (κ2) is 4.35. The molecular weight excluding hydrogens is 205 g/mol. The number of imidazole rings is 1. The van der Waals surface area contributed by atoms with Crippen molar-refractivity contribution in [2.75, 3.05) is 5.73 Å². The first-order valence-electron chi connectivity index (χ1n) is 5.18. The molecule has 0 bridgehead atoms. The molecule has 0 aliphatic rings. The van der Waals surface area contributed by atoms with E-state index in [0.29, 0.717) is 12.4 Å². The summed E-state index contributed by atoms with van der Waals surface area (Å²) in [6.07, 6.45) is 3.13. The normalized spacial score (nSPS) is 10.6. The molecule has 0 fully saturated rings. The summed E-state index contributed by atoms with van der Waals surface area (Å²) in [5.74, 6) is 0.334. The highest BCUT2D eigenvalue weighted by Gasteiger charge is 2.05. The van der Waals surface area contributed by atoms with Crippen molar-refractivity contribution in [3.63, 3.8) is 0 Å². The van der Waals surface area contributed by atoms with Crippen LogP contribution < -0.4 is 5.73 Å². The predicted molar refractivity (Wildman–Crippen MR) is 61.4 cm³/mol. The summed E-state index contributed by atoms with van der Waals surface area (Å²) >= 11 is 0. The quantitative estimate of drug-likeness (QED) is 0.857. The maximum absolute atomic E-state index is 13.4. The highest BCUT2D eigenvalue weighted by Crippen LogP contribution is 2.12. The van der Waals surface area contributed by atoms with E-state index in [1.54, 1.807) is 18.3 Å². The van der Waals surface area contributed by atoms with Crippen LogP contribution >= 0.6 is 0 Å². The predicted octanol–water partition coefficient (Wildman–Crippen LogP) is 1.93. The van der Waals surface area contributed by atoms with E-state index < -0.39 is 0 Å². The fourth-order valence-corrected chi connectivity index (χ4v) is 1.66.